The third kappa shape index (κ3) is 2.67. The maximum Gasteiger partial charge on any atom is 0.280 e. The van der Waals surface area contributed by atoms with Crippen LogP contribution in [0.5, 0.6) is 11.5 Å². The van der Waals surface area contributed by atoms with Crippen LogP contribution >= 0.6 is 0 Å². The van der Waals surface area contributed by atoms with Gasteiger partial charge >= 0.3 is 0 Å². The second-order valence-corrected chi connectivity index (χ2v) is 4.85. The predicted molar refractivity (Wildman–Crippen MR) is 87.1 cm³/mol. The second-order valence-electron chi connectivity index (χ2n) is 4.85. The first kappa shape index (κ1) is 15.5. The van der Waals surface area contributed by atoms with Crippen LogP contribution in [0.15, 0.2) is 53.1 Å². The number of nitro benzene ring substituents is 1. The van der Waals surface area contributed by atoms with Crippen LogP contribution in [-0.2, 0) is 0 Å². The normalized spacial score (nSPS) is 10.4. The maximum atomic E-state index is 11.2. The minimum absolute atomic E-state index is 0.0437. The monoisotopic (exact) mass is 326 g/mol. The van der Waals surface area contributed by atoms with Crippen molar-refractivity contribution in [1.82, 2.24) is 4.98 Å². The molecular weight excluding hydrogens is 312 g/mol. The van der Waals surface area contributed by atoms with Gasteiger partial charge in [0, 0.05) is 6.07 Å². The van der Waals surface area contributed by atoms with E-state index < -0.39 is 4.92 Å². The van der Waals surface area contributed by atoms with Crippen molar-refractivity contribution >= 4 is 5.69 Å². The van der Waals surface area contributed by atoms with E-state index in [1.54, 1.807) is 36.4 Å². The lowest BCUT2D eigenvalue weighted by molar-refractivity contribution is -0.384. The number of hydrogen-bond acceptors (Lipinski definition) is 6. The van der Waals surface area contributed by atoms with E-state index in [1.165, 1.54) is 26.5 Å². The number of methoxy groups -OCH3 is 2. The van der Waals surface area contributed by atoms with Gasteiger partial charge in [0.05, 0.1) is 36.5 Å². The van der Waals surface area contributed by atoms with Crippen LogP contribution in [0, 0.1) is 10.1 Å². The van der Waals surface area contributed by atoms with Gasteiger partial charge in [0.1, 0.15) is 0 Å². The molecule has 0 fully saturated rings. The van der Waals surface area contributed by atoms with Crippen molar-refractivity contribution in [3.05, 3.63) is 58.8 Å². The number of nitro groups is 1. The summed E-state index contributed by atoms with van der Waals surface area (Å²) < 4.78 is 16.4. The Labute approximate surface area is 137 Å². The Morgan fingerprint density at radius 2 is 1.79 bits per heavy atom. The second kappa shape index (κ2) is 6.41. The van der Waals surface area contributed by atoms with E-state index in [0.717, 1.165) is 0 Å². The van der Waals surface area contributed by atoms with Gasteiger partial charge < -0.3 is 13.9 Å². The van der Waals surface area contributed by atoms with Crippen LogP contribution in [0.25, 0.3) is 22.8 Å². The van der Waals surface area contributed by atoms with E-state index in [2.05, 4.69) is 4.98 Å². The first-order valence-electron chi connectivity index (χ1n) is 7.06. The molecular formula is C17H14N2O5. The Morgan fingerprint density at radius 3 is 2.50 bits per heavy atom. The van der Waals surface area contributed by atoms with Crippen LogP contribution in [0.2, 0.25) is 0 Å². The lowest BCUT2D eigenvalue weighted by Crippen LogP contribution is -1.93. The van der Waals surface area contributed by atoms with Crippen LogP contribution in [0.1, 0.15) is 0 Å². The molecule has 1 heterocycles. The average molecular weight is 326 g/mol. The zero-order valence-electron chi connectivity index (χ0n) is 13.1. The molecule has 0 aliphatic carbocycles. The number of para-hydroxylation sites is 2. The average Bonchev–Trinajstić information content (AvgIpc) is 3.10. The summed E-state index contributed by atoms with van der Waals surface area (Å²) in [7, 11) is 3.06. The maximum absolute atomic E-state index is 11.2. The number of benzene rings is 2. The van der Waals surface area contributed by atoms with Crippen molar-refractivity contribution in [3.63, 3.8) is 0 Å². The van der Waals surface area contributed by atoms with Gasteiger partial charge in [0.2, 0.25) is 5.89 Å². The molecule has 0 saturated heterocycles. The molecule has 3 aromatic rings. The highest BCUT2D eigenvalue weighted by atomic mass is 16.6. The fraction of sp³-hybridized carbons (Fsp3) is 0.118. The standard InChI is InChI=1S/C17H14N2O5/c1-22-14-9-5-7-12(16(14)23-2)17-18-10-15(24-17)11-6-3-4-8-13(11)19(20)21/h3-10H,1-2H3. The Bertz CT molecular complexity index is 888. The molecule has 7 nitrogen and oxygen atoms in total. The van der Waals surface area contributed by atoms with E-state index in [0.29, 0.717) is 34.3 Å². The highest BCUT2D eigenvalue weighted by Gasteiger charge is 2.20. The zero-order chi connectivity index (χ0) is 17.1. The van der Waals surface area contributed by atoms with Crippen molar-refractivity contribution in [2.24, 2.45) is 0 Å². The molecule has 0 saturated carbocycles. The van der Waals surface area contributed by atoms with E-state index in [4.69, 9.17) is 13.9 Å². The number of nitrogens with zero attached hydrogens (tertiary/aromatic N) is 2. The topological polar surface area (TPSA) is 87.6 Å². The highest BCUT2D eigenvalue weighted by molar-refractivity contribution is 5.72. The summed E-state index contributed by atoms with van der Waals surface area (Å²) in [5.74, 6) is 1.62. The van der Waals surface area contributed by atoms with Gasteiger partial charge in [-0.05, 0) is 18.2 Å². The van der Waals surface area contributed by atoms with Crippen molar-refractivity contribution < 1.29 is 18.8 Å². The molecule has 24 heavy (non-hydrogen) atoms. The lowest BCUT2D eigenvalue weighted by atomic mass is 10.1. The molecule has 0 unspecified atom stereocenters. The fourth-order valence-electron chi connectivity index (χ4n) is 2.42. The summed E-state index contributed by atoms with van der Waals surface area (Å²) in [5, 5.41) is 11.2. The number of rotatable bonds is 5. The van der Waals surface area contributed by atoms with Gasteiger partial charge in [-0.25, -0.2) is 4.98 Å². The van der Waals surface area contributed by atoms with E-state index in [1.807, 2.05) is 0 Å². The molecule has 7 heteroatoms. The van der Waals surface area contributed by atoms with Crippen molar-refractivity contribution in [2.75, 3.05) is 14.2 Å². The summed E-state index contributed by atoms with van der Waals surface area (Å²) >= 11 is 0. The third-order valence-corrected chi connectivity index (χ3v) is 3.51. The number of oxazole rings is 1. The van der Waals surface area contributed by atoms with E-state index >= 15 is 0 Å². The summed E-state index contributed by atoms with van der Waals surface area (Å²) in [5.41, 5.74) is 0.919. The minimum atomic E-state index is -0.455. The smallest absolute Gasteiger partial charge is 0.280 e. The highest BCUT2D eigenvalue weighted by Crippen LogP contribution is 2.39. The Kier molecular flexibility index (Phi) is 4.15. The molecule has 0 amide bonds. The molecule has 2 aromatic carbocycles. The van der Waals surface area contributed by atoms with E-state index in [9.17, 15) is 10.1 Å². The van der Waals surface area contributed by atoms with Gasteiger partial charge in [0.25, 0.3) is 5.69 Å². The Balaban J connectivity index is 2.09. The van der Waals surface area contributed by atoms with Gasteiger partial charge in [-0.15, -0.1) is 0 Å². The van der Waals surface area contributed by atoms with Gasteiger partial charge in [-0.3, -0.25) is 10.1 Å². The number of aromatic nitrogens is 1. The Morgan fingerprint density at radius 1 is 1.04 bits per heavy atom. The molecule has 122 valence electrons. The molecule has 0 bridgehead atoms. The quantitative estimate of drug-likeness (QED) is 0.521. The van der Waals surface area contributed by atoms with Crippen LogP contribution in [0.4, 0.5) is 5.69 Å². The molecule has 0 radical (unpaired) electrons. The molecule has 0 aliphatic rings. The number of ether oxygens (including phenoxy) is 2. The molecule has 0 atom stereocenters. The number of hydrogen-bond donors (Lipinski definition) is 0. The van der Waals surface area contributed by atoms with Crippen molar-refractivity contribution in [2.45, 2.75) is 0 Å². The molecule has 0 aliphatic heterocycles. The first-order chi connectivity index (χ1) is 11.7. The summed E-state index contributed by atoms with van der Waals surface area (Å²) in [6, 6.07) is 11.7. The molecule has 0 spiro atoms. The summed E-state index contributed by atoms with van der Waals surface area (Å²) in [6.45, 7) is 0. The first-order valence-corrected chi connectivity index (χ1v) is 7.06. The third-order valence-electron chi connectivity index (χ3n) is 3.51. The molecule has 3 rings (SSSR count). The predicted octanol–water partition coefficient (Wildman–Crippen LogP) is 3.93. The minimum Gasteiger partial charge on any atom is -0.493 e. The van der Waals surface area contributed by atoms with Crippen molar-refractivity contribution in [1.29, 1.82) is 0 Å². The molecule has 1 aromatic heterocycles. The molecule has 0 N–H and O–H groups in total. The summed E-state index contributed by atoms with van der Waals surface area (Å²) in [6.07, 6.45) is 1.45. The van der Waals surface area contributed by atoms with Crippen LogP contribution in [-0.4, -0.2) is 24.1 Å². The van der Waals surface area contributed by atoms with Gasteiger partial charge in [-0.2, -0.15) is 0 Å². The van der Waals surface area contributed by atoms with Crippen molar-refractivity contribution in [3.8, 4) is 34.3 Å². The zero-order valence-corrected chi connectivity index (χ0v) is 13.1. The van der Waals surface area contributed by atoms with Crippen LogP contribution in [0.3, 0.4) is 0 Å². The SMILES string of the molecule is COc1cccc(-c2ncc(-c3ccccc3[N+](=O)[O-])o2)c1OC. The lowest BCUT2D eigenvalue weighted by Gasteiger charge is -2.10. The van der Waals surface area contributed by atoms with E-state index in [-0.39, 0.29) is 5.69 Å². The largest absolute Gasteiger partial charge is 0.493 e. The van der Waals surface area contributed by atoms with Crippen LogP contribution < -0.4 is 9.47 Å². The fourth-order valence-corrected chi connectivity index (χ4v) is 2.42. The van der Waals surface area contributed by atoms with Gasteiger partial charge in [0.15, 0.2) is 17.3 Å². The summed E-state index contributed by atoms with van der Waals surface area (Å²) in [4.78, 5) is 14.9. The van der Waals surface area contributed by atoms with Gasteiger partial charge in [-0.1, -0.05) is 18.2 Å². The Hall–Kier alpha value is -3.35.